The molecule has 0 spiro atoms. The summed E-state index contributed by atoms with van der Waals surface area (Å²) in [6.45, 7) is -0.104. The number of aromatic nitrogens is 6. The number of hydrogen-bond acceptors (Lipinski definition) is 5. The van der Waals surface area contributed by atoms with Gasteiger partial charge in [-0.3, -0.25) is 19.2 Å². The second-order valence-electron chi connectivity index (χ2n) is 4.59. The Bertz CT molecular complexity index is 873. The van der Waals surface area contributed by atoms with Crippen molar-refractivity contribution in [1.29, 1.82) is 0 Å². The van der Waals surface area contributed by atoms with Crippen LogP contribution in [0.5, 0.6) is 0 Å². The molecular weight excluding hydrogens is 274 g/mol. The Kier molecular flexibility index (Phi) is 3.01. The third-order valence-electron chi connectivity index (χ3n) is 3.22. The highest BCUT2D eigenvalue weighted by Crippen LogP contribution is 2.11. The molecule has 9 nitrogen and oxygen atoms in total. The lowest BCUT2D eigenvalue weighted by Crippen LogP contribution is -2.29. The van der Waals surface area contributed by atoms with Crippen molar-refractivity contribution in [3.05, 3.63) is 34.7 Å². The lowest BCUT2D eigenvalue weighted by molar-refractivity contribution is -0.116. The van der Waals surface area contributed by atoms with Crippen molar-refractivity contribution in [2.45, 2.75) is 6.54 Å². The largest absolute Gasteiger partial charge is 0.329 e. The molecule has 2 heterocycles. The monoisotopic (exact) mass is 287 g/mol. The van der Waals surface area contributed by atoms with Crippen LogP contribution in [0.4, 0.5) is 5.95 Å². The van der Waals surface area contributed by atoms with Crippen LogP contribution in [-0.4, -0.2) is 35.2 Å². The summed E-state index contributed by atoms with van der Waals surface area (Å²) in [4.78, 5) is 24.2. The summed E-state index contributed by atoms with van der Waals surface area (Å²) in [5.74, 6) is -0.139. The number of fused-ring (bicyclic) bond motifs is 1. The molecule has 1 aromatic carbocycles. The van der Waals surface area contributed by atoms with E-state index in [2.05, 4.69) is 20.8 Å². The molecule has 0 aliphatic heterocycles. The van der Waals surface area contributed by atoms with Crippen LogP contribution in [0, 0.1) is 0 Å². The molecule has 0 aliphatic rings. The number of benzene rings is 1. The smallest absolute Gasteiger partial charge is 0.295 e. The highest BCUT2D eigenvalue weighted by atomic mass is 16.2. The molecule has 0 aliphatic carbocycles. The predicted octanol–water partition coefficient (Wildman–Crippen LogP) is -0.498. The maximum Gasteiger partial charge on any atom is 0.329 e. The molecule has 3 rings (SSSR count). The fourth-order valence-electron chi connectivity index (χ4n) is 2.16. The Morgan fingerprint density at radius 2 is 1.95 bits per heavy atom. The SMILES string of the molecule is Cn1nnnc1NC(=O)Cn1c(=O)n(C)c2ccccc21. The fraction of sp³-hybridized carbons (Fsp3) is 0.250. The maximum atomic E-state index is 12.2. The van der Waals surface area contributed by atoms with E-state index in [4.69, 9.17) is 0 Å². The van der Waals surface area contributed by atoms with Crippen molar-refractivity contribution in [2.75, 3.05) is 5.32 Å². The standard InChI is InChI=1S/C12H13N7O2/c1-17-8-5-3-4-6-9(8)19(12(17)21)7-10(20)13-11-14-15-16-18(11)2/h3-6H,7H2,1-2H3,(H,13,14,16,20). The van der Waals surface area contributed by atoms with Crippen LogP contribution < -0.4 is 11.0 Å². The van der Waals surface area contributed by atoms with Crippen LogP contribution in [0.1, 0.15) is 0 Å². The summed E-state index contributed by atoms with van der Waals surface area (Å²) in [5.41, 5.74) is 1.23. The number of tetrazole rings is 1. The molecule has 0 radical (unpaired) electrons. The molecule has 1 amide bonds. The zero-order chi connectivity index (χ0) is 15.0. The quantitative estimate of drug-likeness (QED) is 0.700. The first-order valence-corrected chi connectivity index (χ1v) is 6.24. The van der Waals surface area contributed by atoms with Gasteiger partial charge in [-0.2, -0.15) is 0 Å². The average Bonchev–Trinajstić information content (AvgIpc) is 2.97. The van der Waals surface area contributed by atoms with Crippen molar-refractivity contribution in [3.63, 3.8) is 0 Å². The Morgan fingerprint density at radius 1 is 1.24 bits per heavy atom. The number of anilines is 1. The molecular formula is C12H13N7O2. The number of aryl methyl sites for hydroxylation is 2. The molecule has 0 atom stereocenters. The summed E-state index contributed by atoms with van der Waals surface area (Å²) in [6, 6.07) is 7.30. The number of imidazole rings is 1. The van der Waals surface area contributed by atoms with Gasteiger partial charge in [0.15, 0.2) is 0 Å². The number of carbonyl (C=O) groups excluding carboxylic acids is 1. The third kappa shape index (κ3) is 2.18. The van der Waals surface area contributed by atoms with Crippen molar-refractivity contribution in [2.24, 2.45) is 14.1 Å². The molecule has 0 fully saturated rings. The van der Waals surface area contributed by atoms with Crippen molar-refractivity contribution < 1.29 is 4.79 Å². The molecule has 0 saturated heterocycles. The van der Waals surface area contributed by atoms with Crippen molar-refractivity contribution in [3.8, 4) is 0 Å². The van der Waals surface area contributed by atoms with Gasteiger partial charge in [0.2, 0.25) is 11.9 Å². The van der Waals surface area contributed by atoms with Crippen LogP contribution in [0.2, 0.25) is 0 Å². The predicted molar refractivity (Wildman–Crippen MR) is 74.6 cm³/mol. The van der Waals surface area contributed by atoms with Gasteiger partial charge in [-0.05, 0) is 22.6 Å². The number of nitrogens with one attached hydrogen (secondary N) is 1. The zero-order valence-corrected chi connectivity index (χ0v) is 11.5. The van der Waals surface area contributed by atoms with E-state index in [-0.39, 0.29) is 24.1 Å². The molecule has 21 heavy (non-hydrogen) atoms. The molecule has 0 saturated carbocycles. The highest BCUT2D eigenvalue weighted by Gasteiger charge is 2.14. The van der Waals surface area contributed by atoms with E-state index >= 15 is 0 Å². The van der Waals surface area contributed by atoms with Gasteiger partial charge in [-0.1, -0.05) is 17.2 Å². The third-order valence-corrected chi connectivity index (χ3v) is 3.22. The Balaban J connectivity index is 1.92. The summed E-state index contributed by atoms with van der Waals surface area (Å²) in [5, 5.41) is 13.3. The van der Waals surface area contributed by atoms with Gasteiger partial charge < -0.3 is 0 Å². The van der Waals surface area contributed by atoms with E-state index in [1.54, 1.807) is 20.2 Å². The van der Waals surface area contributed by atoms with Crippen molar-refractivity contribution in [1.82, 2.24) is 29.3 Å². The topological polar surface area (TPSA) is 99.6 Å². The summed E-state index contributed by atoms with van der Waals surface area (Å²) in [7, 11) is 3.28. The van der Waals surface area contributed by atoms with Gasteiger partial charge >= 0.3 is 5.69 Å². The lowest BCUT2D eigenvalue weighted by atomic mass is 10.3. The number of amides is 1. The van der Waals surface area contributed by atoms with Crippen LogP contribution in [0.3, 0.4) is 0 Å². The van der Waals surface area contributed by atoms with Crippen LogP contribution in [0.15, 0.2) is 29.1 Å². The van der Waals surface area contributed by atoms with E-state index < -0.39 is 0 Å². The average molecular weight is 287 g/mol. The van der Waals surface area contributed by atoms with E-state index in [0.717, 1.165) is 5.52 Å². The minimum atomic E-state index is -0.369. The van der Waals surface area contributed by atoms with E-state index in [9.17, 15) is 9.59 Å². The molecule has 108 valence electrons. The van der Waals surface area contributed by atoms with Crippen molar-refractivity contribution >= 4 is 22.9 Å². The Morgan fingerprint density at radius 3 is 2.62 bits per heavy atom. The molecule has 9 heteroatoms. The molecule has 1 N–H and O–H groups in total. The van der Waals surface area contributed by atoms with Gasteiger partial charge in [-0.25, -0.2) is 9.48 Å². The minimum Gasteiger partial charge on any atom is -0.295 e. The normalized spacial score (nSPS) is 11.0. The second kappa shape index (κ2) is 4.85. The van der Waals surface area contributed by atoms with Gasteiger partial charge in [0.25, 0.3) is 0 Å². The summed E-state index contributed by atoms with van der Waals surface area (Å²) >= 11 is 0. The molecule has 0 unspecified atom stereocenters. The van der Waals surface area contributed by atoms with E-state index in [0.29, 0.717) is 5.52 Å². The van der Waals surface area contributed by atoms with Gasteiger partial charge in [0.05, 0.1) is 11.0 Å². The fourth-order valence-corrected chi connectivity index (χ4v) is 2.16. The number of hydrogen-bond donors (Lipinski definition) is 1. The molecule has 3 aromatic rings. The van der Waals surface area contributed by atoms with E-state index in [1.807, 2.05) is 18.2 Å². The first kappa shape index (κ1) is 13.0. The Hall–Kier alpha value is -2.97. The zero-order valence-electron chi connectivity index (χ0n) is 11.5. The Labute approximate surface area is 118 Å². The summed E-state index contributed by atoms with van der Waals surface area (Å²) < 4.78 is 4.25. The van der Waals surface area contributed by atoms with Crippen LogP contribution >= 0.6 is 0 Å². The van der Waals surface area contributed by atoms with E-state index in [1.165, 1.54) is 13.8 Å². The first-order chi connectivity index (χ1) is 10.1. The number of rotatable bonds is 3. The number of nitrogens with zero attached hydrogens (tertiary/aromatic N) is 6. The second-order valence-corrected chi connectivity index (χ2v) is 4.59. The number of carbonyl (C=O) groups is 1. The molecule has 2 aromatic heterocycles. The minimum absolute atomic E-state index is 0.104. The van der Waals surface area contributed by atoms with Crippen LogP contribution in [0.25, 0.3) is 11.0 Å². The number of para-hydroxylation sites is 2. The summed E-state index contributed by atoms with van der Waals surface area (Å²) in [6.07, 6.45) is 0. The molecule has 0 bridgehead atoms. The van der Waals surface area contributed by atoms with Crippen LogP contribution in [-0.2, 0) is 25.4 Å². The van der Waals surface area contributed by atoms with Gasteiger partial charge in [0, 0.05) is 14.1 Å². The highest BCUT2D eigenvalue weighted by molar-refractivity contribution is 5.90. The van der Waals surface area contributed by atoms with Gasteiger partial charge in [0.1, 0.15) is 6.54 Å². The lowest BCUT2D eigenvalue weighted by Gasteiger charge is -2.04. The maximum absolute atomic E-state index is 12.2. The van der Waals surface area contributed by atoms with Gasteiger partial charge in [-0.15, -0.1) is 0 Å². The first-order valence-electron chi connectivity index (χ1n) is 6.24.